The molecule has 2 unspecified atom stereocenters. The molecule has 1 heterocycles. The fourth-order valence-electron chi connectivity index (χ4n) is 2.28. The lowest BCUT2D eigenvalue weighted by atomic mass is 10.1. The minimum Gasteiger partial charge on any atom is -0.376 e. The van der Waals surface area contributed by atoms with Gasteiger partial charge >= 0.3 is 0 Å². The molecule has 2 rings (SSSR count). The molecule has 3 heteroatoms. The Morgan fingerprint density at radius 1 is 1.41 bits per heavy atom. The average molecular weight is 234 g/mol. The number of hydrogen-bond donors (Lipinski definition) is 1. The van der Waals surface area contributed by atoms with E-state index in [1.165, 1.54) is 5.56 Å². The van der Waals surface area contributed by atoms with Gasteiger partial charge in [-0.2, -0.15) is 0 Å². The summed E-state index contributed by atoms with van der Waals surface area (Å²) >= 11 is 0. The van der Waals surface area contributed by atoms with E-state index in [9.17, 15) is 0 Å². The summed E-state index contributed by atoms with van der Waals surface area (Å²) < 4.78 is 5.66. The third-order valence-corrected chi connectivity index (χ3v) is 3.36. The lowest BCUT2D eigenvalue weighted by Crippen LogP contribution is -2.44. The summed E-state index contributed by atoms with van der Waals surface area (Å²) in [5.74, 6) is 0. The molecule has 0 aromatic heterocycles. The fraction of sp³-hybridized carbons (Fsp3) is 0.571. The number of rotatable bonds is 4. The van der Waals surface area contributed by atoms with Crippen LogP contribution in [0.1, 0.15) is 24.9 Å². The van der Waals surface area contributed by atoms with Crippen molar-refractivity contribution in [1.29, 1.82) is 0 Å². The quantitative estimate of drug-likeness (QED) is 0.863. The van der Waals surface area contributed by atoms with E-state index in [2.05, 4.69) is 24.0 Å². The topological polar surface area (TPSA) is 38.5 Å². The van der Waals surface area contributed by atoms with Crippen LogP contribution in [-0.4, -0.2) is 37.2 Å². The molecule has 2 atom stereocenters. The van der Waals surface area contributed by atoms with Crippen LogP contribution in [0.15, 0.2) is 30.3 Å². The van der Waals surface area contributed by atoms with Crippen LogP contribution in [0, 0.1) is 0 Å². The second kappa shape index (κ2) is 6.15. The first-order valence-electron chi connectivity index (χ1n) is 6.44. The van der Waals surface area contributed by atoms with Gasteiger partial charge in [-0.3, -0.25) is 4.90 Å². The standard InChI is InChI=1S/C14H22N2O/c1-2-13-10-16(8-9-17-13)11-14(15)12-6-4-3-5-7-12/h3-7,13-14H,2,8-11,15H2,1H3. The van der Waals surface area contributed by atoms with E-state index in [0.29, 0.717) is 6.10 Å². The van der Waals surface area contributed by atoms with E-state index >= 15 is 0 Å². The van der Waals surface area contributed by atoms with Crippen molar-refractivity contribution in [3.05, 3.63) is 35.9 Å². The first-order chi connectivity index (χ1) is 8.29. The van der Waals surface area contributed by atoms with Crippen LogP contribution in [0.5, 0.6) is 0 Å². The molecule has 1 aliphatic heterocycles. The second-order valence-electron chi connectivity index (χ2n) is 4.68. The molecule has 0 aliphatic carbocycles. The summed E-state index contributed by atoms with van der Waals surface area (Å²) in [5, 5.41) is 0. The average Bonchev–Trinajstić information content (AvgIpc) is 2.40. The van der Waals surface area contributed by atoms with Crippen molar-refractivity contribution in [1.82, 2.24) is 4.90 Å². The first kappa shape index (κ1) is 12.6. The Morgan fingerprint density at radius 3 is 2.88 bits per heavy atom. The highest BCUT2D eigenvalue weighted by molar-refractivity contribution is 5.18. The van der Waals surface area contributed by atoms with Crippen molar-refractivity contribution in [3.8, 4) is 0 Å². The molecule has 0 saturated carbocycles. The molecular formula is C14H22N2O. The predicted molar refractivity (Wildman–Crippen MR) is 69.8 cm³/mol. The maximum absolute atomic E-state index is 6.23. The molecular weight excluding hydrogens is 212 g/mol. The van der Waals surface area contributed by atoms with Gasteiger partial charge in [0.2, 0.25) is 0 Å². The van der Waals surface area contributed by atoms with Gasteiger partial charge in [0.05, 0.1) is 12.7 Å². The maximum Gasteiger partial charge on any atom is 0.0700 e. The first-order valence-corrected chi connectivity index (χ1v) is 6.44. The highest BCUT2D eigenvalue weighted by Gasteiger charge is 2.20. The van der Waals surface area contributed by atoms with Crippen LogP contribution in [0.4, 0.5) is 0 Å². The van der Waals surface area contributed by atoms with Crippen molar-refractivity contribution in [3.63, 3.8) is 0 Å². The van der Waals surface area contributed by atoms with Crippen LogP contribution in [0.3, 0.4) is 0 Å². The Labute approximate surface area is 104 Å². The summed E-state index contributed by atoms with van der Waals surface area (Å²) in [4.78, 5) is 2.41. The monoisotopic (exact) mass is 234 g/mol. The highest BCUT2D eigenvalue weighted by atomic mass is 16.5. The fourth-order valence-corrected chi connectivity index (χ4v) is 2.28. The highest BCUT2D eigenvalue weighted by Crippen LogP contribution is 2.14. The largest absolute Gasteiger partial charge is 0.376 e. The number of benzene rings is 1. The van der Waals surface area contributed by atoms with Gasteiger partial charge in [-0.1, -0.05) is 37.3 Å². The Morgan fingerprint density at radius 2 is 2.18 bits per heavy atom. The van der Waals surface area contributed by atoms with E-state index in [1.54, 1.807) is 0 Å². The van der Waals surface area contributed by atoms with Gasteiger partial charge in [-0.05, 0) is 12.0 Å². The second-order valence-corrected chi connectivity index (χ2v) is 4.68. The number of nitrogens with zero attached hydrogens (tertiary/aromatic N) is 1. The molecule has 2 N–H and O–H groups in total. The molecule has 0 bridgehead atoms. The van der Waals surface area contributed by atoms with Gasteiger partial charge in [0.15, 0.2) is 0 Å². The van der Waals surface area contributed by atoms with Gasteiger partial charge in [0, 0.05) is 25.7 Å². The number of hydrogen-bond acceptors (Lipinski definition) is 3. The Kier molecular flexibility index (Phi) is 4.54. The molecule has 1 aromatic rings. The predicted octanol–water partition coefficient (Wildman–Crippen LogP) is 1.80. The van der Waals surface area contributed by atoms with Gasteiger partial charge in [0.25, 0.3) is 0 Å². The molecule has 3 nitrogen and oxygen atoms in total. The normalized spacial score (nSPS) is 23.5. The van der Waals surface area contributed by atoms with Crippen LogP contribution >= 0.6 is 0 Å². The molecule has 0 amide bonds. The number of ether oxygens (including phenoxy) is 1. The van der Waals surface area contributed by atoms with Crippen LogP contribution < -0.4 is 5.73 Å². The van der Waals surface area contributed by atoms with E-state index in [-0.39, 0.29) is 6.04 Å². The minimum atomic E-state index is 0.104. The van der Waals surface area contributed by atoms with Gasteiger partial charge in [0.1, 0.15) is 0 Å². The summed E-state index contributed by atoms with van der Waals surface area (Å²) in [6.45, 7) is 5.93. The van der Waals surface area contributed by atoms with E-state index in [1.807, 2.05) is 18.2 Å². The third kappa shape index (κ3) is 3.53. The molecule has 0 radical (unpaired) electrons. The molecule has 94 valence electrons. The Hall–Kier alpha value is -0.900. The molecule has 1 aromatic carbocycles. The van der Waals surface area contributed by atoms with Gasteiger partial charge in [-0.25, -0.2) is 0 Å². The van der Waals surface area contributed by atoms with Crippen molar-refractivity contribution in [2.24, 2.45) is 5.73 Å². The zero-order valence-corrected chi connectivity index (χ0v) is 10.5. The molecule has 1 fully saturated rings. The SMILES string of the molecule is CCC1CN(CC(N)c2ccccc2)CCO1. The van der Waals surface area contributed by atoms with Crippen molar-refractivity contribution in [2.45, 2.75) is 25.5 Å². The zero-order valence-electron chi connectivity index (χ0n) is 10.5. The van der Waals surface area contributed by atoms with Crippen molar-refractivity contribution >= 4 is 0 Å². The Bertz CT molecular complexity index is 328. The van der Waals surface area contributed by atoms with Crippen molar-refractivity contribution < 1.29 is 4.74 Å². The smallest absolute Gasteiger partial charge is 0.0700 e. The zero-order chi connectivity index (χ0) is 12.1. The number of morpholine rings is 1. The summed E-state index contributed by atoms with van der Waals surface area (Å²) in [5.41, 5.74) is 7.45. The molecule has 0 spiro atoms. The van der Waals surface area contributed by atoms with E-state index in [0.717, 1.165) is 32.7 Å². The molecule has 1 aliphatic rings. The van der Waals surface area contributed by atoms with E-state index in [4.69, 9.17) is 10.5 Å². The number of nitrogens with two attached hydrogens (primary N) is 1. The van der Waals surface area contributed by atoms with Crippen molar-refractivity contribution in [2.75, 3.05) is 26.2 Å². The lowest BCUT2D eigenvalue weighted by molar-refractivity contribution is -0.0312. The third-order valence-electron chi connectivity index (χ3n) is 3.36. The van der Waals surface area contributed by atoms with E-state index < -0.39 is 0 Å². The summed E-state index contributed by atoms with van der Waals surface area (Å²) in [6.07, 6.45) is 1.46. The minimum absolute atomic E-state index is 0.104. The maximum atomic E-state index is 6.23. The summed E-state index contributed by atoms with van der Waals surface area (Å²) in [6, 6.07) is 10.4. The van der Waals surface area contributed by atoms with Crippen LogP contribution in [0.2, 0.25) is 0 Å². The lowest BCUT2D eigenvalue weighted by Gasteiger charge is -2.34. The molecule has 17 heavy (non-hydrogen) atoms. The molecule has 1 saturated heterocycles. The Balaban J connectivity index is 1.88. The van der Waals surface area contributed by atoms with Crippen LogP contribution in [-0.2, 0) is 4.74 Å². The van der Waals surface area contributed by atoms with Gasteiger partial charge in [-0.15, -0.1) is 0 Å². The van der Waals surface area contributed by atoms with Gasteiger partial charge < -0.3 is 10.5 Å². The van der Waals surface area contributed by atoms with Crippen LogP contribution in [0.25, 0.3) is 0 Å². The summed E-state index contributed by atoms with van der Waals surface area (Å²) in [7, 11) is 0.